The molecule has 150 valence electrons. The van der Waals surface area contributed by atoms with Crippen LogP contribution in [0.2, 0.25) is 0 Å². The summed E-state index contributed by atoms with van der Waals surface area (Å²) in [6.45, 7) is 7.66. The Labute approximate surface area is 158 Å². The fourth-order valence-electron chi connectivity index (χ4n) is 1.92. The van der Waals surface area contributed by atoms with Gasteiger partial charge in [-0.3, -0.25) is 4.79 Å². The maximum Gasteiger partial charge on any atom is 0.407 e. The molecule has 0 bridgehead atoms. The summed E-state index contributed by atoms with van der Waals surface area (Å²) in [5, 5.41) is 11.6. The molecule has 8 heteroatoms. The van der Waals surface area contributed by atoms with Crippen LogP contribution < -0.4 is 14.8 Å². The maximum atomic E-state index is 12.0. The third kappa shape index (κ3) is 8.94. The minimum absolute atomic E-state index is 0.0208. The van der Waals surface area contributed by atoms with Crippen LogP contribution >= 0.6 is 0 Å². The molecule has 0 aliphatic carbocycles. The van der Waals surface area contributed by atoms with Crippen molar-refractivity contribution < 1.29 is 33.7 Å². The van der Waals surface area contributed by atoms with Gasteiger partial charge in [0.15, 0.2) is 11.5 Å². The van der Waals surface area contributed by atoms with Crippen LogP contribution in [0.5, 0.6) is 11.5 Å². The number of carbonyl (C=O) groups is 3. The first kappa shape index (κ1) is 22.3. The second kappa shape index (κ2) is 10.4. The maximum absolute atomic E-state index is 12.0. The summed E-state index contributed by atoms with van der Waals surface area (Å²) in [5.74, 6) is -1.44. The highest BCUT2D eigenvalue weighted by Gasteiger charge is 2.17. The lowest BCUT2D eigenvalue weighted by Crippen LogP contribution is -2.34. The van der Waals surface area contributed by atoms with Gasteiger partial charge in [0.2, 0.25) is 0 Å². The third-order valence-corrected chi connectivity index (χ3v) is 3.17. The molecule has 8 nitrogen and oxygen atoms in total. The van der Waals surface area contributed by atoms with E-state index in [1.54, 1.807) is 20.8 Å². The fourth-order valence-corrected chi connectivity index (χ4v) is 1.92. The monoisotopic (exact) mass is 381 g/mol. The molecule has 0 heterocycles. The van der Waals surface area contributed by atoms with Crippen LogP contribution in [0, 0.1) is 0 Å². The number of unbranched alkanes of at least 4 members (excludes halogenated alkanes) is 1. The van der Waals surface area contributed by atoms with Crippen molar-refractivity contribution in [1.29, 1.82) is 0 Å². The Morgan fingerprint density at radius 3 is 2.44 bits per heavy atom. The van der Waals surface area contributed by atoms with Crippen LogP contribution in [0.4, 0.5) is 4.79 Å². The van der Waals surface area contributed by atoms with Crippen LogP contribution in [-0.4, -0.2) is 41.9 Å². The number of carboxylic acid groups (broad SMARTS) is 1. The van der Waals surface area contributed by atoms with Gasteiger partial charge in [0, 0.05) is 6.54 Å². The van der Waals surface area contributed by atoms with Crippen LogP contribution in [0.3, 0.4) is 0 Å². The average Bonchev–Trinajstić information content (AvgIpc) is 2.54. The van der Waals surface area contributed by atoms with Crippen molar-refractivity contribution in [3.05, 3.63) is 23.8 Å². The first-order valence-corrected chi connectivity index (χ1v) is 8.80. The number of amides is 1. The summed E-state index contributed by atoms with van der Waals surface area (Å²) in [5.41, 5.74) is -0.653. The van der Waals surface area contributed by atoms with E-state index in [4.69, 9.17) is 19.3 Å². The van der Waals surface area contributed by atoms with Crippen molar-refractivity contribution in [3.8, 4) is 11.5 Å². The summed E-state index contributed by atoms with van der Waals surface area (Å²) >= 11 is 0. The van der Waals surface area contributed by atoms with E-state index in [1.165, 1.54) is 18.2 Å². The quantitative estimate of drug-likeness (QED) is 0.383. The van der Waals surface area contributed by atoms with E-state index in [0.29, 0.717) is 12.4 Å². The molecule has 1 rings (SSSR count). The molecular formula is C19H27NO7. The largest absolute Gasteiger partial charge is 0.490 e. The smallest absolute Gasteiger partial charge is 0.407 e. The molecule has 0 radical (unpaired) electrons. The number of rotatable bonds is 9. The lowest BCUT2D eigenvalue weighted by Gasteiger charge is -2.19. The Bertz CT molecular complexity index is 665. The molecule has 0 spiro atoms. The highest BCUT2D eigenvalue weighted by Crippen LogP contribution is 2.29. The van der Waals surface area contributed by atoms with Gasteiger partial charge in [0.25, 0.3) is 0 Å². The number of hydrogen-bond donors (Lipinski definition) is 2. The van der Waals surface area contributed by atoms with Gasteiger partial charge in [-0.25, -0.2) is 9.59 Å². The van der Waals surface area contributed by atoms with Crippen LogP contribution in [0.15, 0.2) is 18.2 Å². The molecule has 0 aromatic heterocycles. The highest BCUT2D eigenvalue weighted by atomic mass is 16.6. The SMILES string of the molecule is CCCCOc1ccc(C(=O)O)cc1OC(=O)CCNC(=O)OC(C)(C)C. The molecule has 0 saturated heterocycles. The number of hydrogen-bond acceptors (Lipinski definition) is 6. The number of carbonyl (C=O) groups excluding carboxylic acids is 2. The number of benzene rings is 1. The number of alkyl carbamates (subject to hydrolysis) is 1. The first-order chi connectivity index (χ1) is 12.6. The van der Waals surface area contributed by atoms with E-state index < -0.39 is 23.6 Å². The lowest BCUT2D eigenvalue weighted by atomic mass is 10.2. The molecule has 0 aliphatic rings. The van der Waals surface area contributed by atoms with E-state index in [0.717, 1.165) is 12.8 Å². The third-order valence-electron chi connectivity index (χ3n) is 3.17. The molecule has 0 saturated carbocycles. The normalized spacial score (nSPS) is 10.8. The van der Waals surface area contributed by atoms with Gasteiger partial charge in [0.05, 0.1) is 18.6 Å². The summed E-state index contributed by atoms with van der Waals surface area (Å²) in [6.07, 6.45) is 1.00. The van der Waals surface area contributed by atoms with Gasteiger partial charge in [-0.15, -0.1) is 0 Å². The van der Waals surface area contributed by atoms with Gasteiger partial charge < -0.3 is 24.6 Å². The van der Waals surface area contributed by atoms with Crippen LogP contribution in [0.1, 0.15) is 57.3 Å². The van der Waals surface area contributed by atoms with E-state index in [-0.39, 0.29) is 24.3 Å². The lowest BCUT2D eigenvalue weighted by molar-refractivity contribution is -0.134. The van der Waals surface area contributed by atoms with E-state index in [1.807, 2.05) is 6.92 Å². The number of nitrogens with one attached hydrogen (secondary N) is 1. The fraction of sp³-hybridized carbons (Fsp3) is 0.526. The van der Waals surface area contributed by atoms with Crippen LogP contribution in [0.25, 0.3) is 0 Å². The topological polar surface area (TPSA) is 111 Å². The van der Waals surface area contributed by atoms with Crippen LogP contribution in [-0.2, 0) is 9.53 Å². The zero-order valence-electron chi connectivity index (χ0n) is 16.2. The summed E-state index contributed by atoms with van der Waals surface area (Å²) in [4.78, 5) is 34.7. The van der Waals surface area contributed by atoms with Crippen molar-refractivity contribution in [2.45, 2.75) is 52.6 Å². The number of aromatic carboxylic acids is 1. The Morgan fingerprint density at radius 2 is 1.85 bits per heavy atom. The predicted molar refractivity (Wildman–Crippen MR) is 98.3 cm³/mol. The minimum atomic E-state index is -1.14. The summed E-state index contributed by atoms with van der Waals surface area (Å²) in [6, 6.07) is 4.08. The minimum Gasteiger partial charge on any atom is -0.490 e. The van der Waals surface area contributed by atoms with Gasteiger partial charge in [-0.1, -0.05) is 13.3 Å². The van der Waals surface area contributed by atoms with Gasteiger partial charge in [0.1, 0.15) is 5.60 Å². The number of ether oxygens (including phenoxy) is 3. The second-order valence-electron chi connectivity index (χ2n) is 6.82. The molecule has 2 N–H and O–H groups in total. The Hall–Kier alpha value is -2.77. The van der Waals surface area contributed by atoms with E-state index >= 15 is 0 Å². The molecule has 27 heavy (non-hydrogen) atoms. The Balaban J connectivity index is 2.66. The molecular weight excluding hydrogens is 354 g/mol. The van der Waals surface area contributed by atoms with Crippen molar-refractivity contribution in [2.75, 3.05) is 13.2 Å². The molecule has 1 aromatic carbocycles. The Morgan fingerprint density at radius 1 is 1.15 bits per heavy atom. The summed E-state index contributed by atoms with van der Waals surface area (Å²) in [7, 11) is 0. The number of carboxylic acids is 1. The first-order valence-electron chi connectivity index (χ1n) is 8.80. The van der Waals surface area contributed by atoms with Crippen molar-refractivity contribution >= 4 is 18.0 Å². The van der Waals surface area contributed by atoms with Gasteiger partial charge in [-0.05, 0) is 45.4 Å². The molecule has 1 amide bonds. The Kier molecular flexibility index (Phi) is 8.58. The zero-order chi connectivity index (χ0) is 20.4. The second-order valence-corrected chi connectivity index (χ2v) is 6.82. The van der Waals surface area contributed by atoms with Gasteiger partial charge >= 0.3 is 18.0 Å². The summed E-state index contributed by atoms with van der Waals surface area (Å²) < 4.78 is 15.8. The van der Waals surface area contributed by atoms with Crippen molar-refractivity contribution in [3.63, 3.8) is 0 Å². The van der Waals surface area contributed by atoms with E-state index in [9.17, 15) is 14.4 Å². The molecule has 0 atom stereocenters. The van der Waals surface area contributed by atoms with E-state index in [2.05, 4.69) is 5.32 Å². The van der Waals surface area contributed by atoms with Gasteiger partial charge in [-0.2, -0.15) is 0 Å². The zero-order valence-corrected chi connectivity index (χ0v) is 16.2. The molecule has 0 fully saturated rings. The van der Waals surface area contributed by atoms with Crippen molar-refractivity contribution in [2.24, 2.45) is 0 Å². The molecule has 0 aliphatic heterocycles. The number of esters is 1. The van der Waals surface area contributed by atoms with Crippen molar-refractivity contribution in [1.82, 2.24) is 5.32 Å². The molecule has 1 aromatic rings. The standard InChI is InChI=1S/C19H27NO7/c1-5-6-11-25-14-8-7-13(17(22)23)12-15(14)26-16(21)9-10-20-18(24)27-19(2,3)4/h7-8,12H,5-6,9-11H2,1-4H3,(H,20,24)(H,22,23). The molecule has 0 unspecified atom stereocenters. The average molecular weight is 381 g/mol. The predicted octanol–water partition coefficient (Wildman–Crippen LogP) is 3.38. The highest BCUT2D eigenvalue weighted by molar-refractivity contribution is 5.89.